The maximum Gasteiger partial charge on any atom is 0.262 e. The van der Waals surface area contributed by atoms with E-state index in [1.807, 2.05) is 0 Å². The van der Waals surface area contributed by atoms with Crippen LogP contribution < -0.4 is 0 Å². The molecule has 5 rings (SSSR count). The zero-order chi connectivity index (χ0) is 24.2. The lowest BCUT2D eigenvalue weighted by Gasteiger charge is -2.24. The molecular weight excluding hydrogens is 474 g/mol. The number of aromatic nitrogens is 2. The summed E-state index contributed by atoms with van der Waals surface area (Å²) >= 11 is 6.37. The number of para-hydroxylation sites is 1. The van der Waals surface area contributed by atoms with E-state index < -0.39 is 27.7 Å². The van der Waals surface area contributed by atoms with E-state index in [0.717, 1.165) is 11.2 Å². The number of hydrogen-bond donors (Lipinski definition) is 0. The minimum absolute atomic E-state index is 0.0616. The molecule has 2 heterocycles. The highest BCUT2D eigenvalue weighted by Crippen LogP contribution is 2.38. The van der Waals surface area contributed by atoms with Gasteiger partial charge in [-0.2, -0.15) is 0 Å². The maximum absolute atomic E-state index is 13.2. The fourth-order valence-corrected chi connectivity index (χ4v) is 5.32. The topological polar surface area (TPSA) is 97.3 Å². The number of carbonyl (C=O) groups excluding carboxylic acids is 2. The molecule has 0 saturated heterocycles. The van der Waals surface area contributed by atoms with Crippen LogP contribution in [0.3, 0.4) is 0 Å². The molecule has 9 heteroatoms. The number of carbonyl (C=O) groups is 2. The number of nitrogens with zero attached hydrogens (tertiary/aromatic N) is 3. The van der Waals surface area contributed by atoms with Crippen LogP contribution in [-0.4, -0.2) is 41.4 Å². The summed E-state index contributed by atoms with van der Waals surface area (Å²) in [6.45, 7) is 1.68. The zero-order valence-electron chi connectivity index (χ0n) is 18.2. The normalized spacial score (nSPS) is 14.5. The zero-order valence-corrected chi connectivity index (χ0v) is 19.8. The predicted octanol–water partition coefficient (Wildman–Crippen LogP) is 4.71. The summed E-state index contributed by atoms with van der Waals surface area (Å²) in [7, 11) is -3.62. The van der Waals surface area contributed by atoms with Crippen molar-refractivity contribution >= 4 is 44.3 Å². The molecule has 1 aliphatic heterocycles. The predicted molar refractivity (Wildman–Crippen MR) is 128 cm³/mol. The molecule has 1 aliphatic rings. The van der Waals surface area contributed by atoms with E-state index in [1.165, 1.54) is 6.07 Å². The van der Waals surface area contributed by atoms with Gasteiger partial charge in [-0.25, -0.2) is 18.4 Å². The van der Waals surface area contributed by atoms with E-state index in [2.05, 4.69) is 0 Å². The van der Waals surface area contributed by atoms with E-state index in [0.29, 0.717) is 38.4 Å². The van der Waals surface area contributed by atoms with Gasteiger partial charge in [0.2, 0.25) is 0 Å². The minimum atomic E-state index is -3.62. The molecule has 3 aromatic carbocycles. The van der Waals surface area contributed by atoms with Crippen molar-refractivity contribution in [2.45, 2.75) is 17.9 Å². The second kappa shape index (κ2) is 8.00. The lowest BCUT2D eigenvalue weighted by atomic mass is 10.0. The minimum Gasteiger partial charge on any atom is -0.269 e. The Labute approximate surface area is 200 Å². The lowest BCUT2D eigenvalue weighted by Crippen LogP contribution is -2.33. The lowest BCUT2D eigenvalue weighted by molar-refractivity contribution is 0.0592. The molecule has 7 nitrogen and oxygen atoms in total. The van der Waals surface area contributed by atoms with Crippen LogP contribution >= 0.6 is 11.6 Å². The maximum atomic E-state index is 13.2. The molecule has 0 radical (unpaired) electrons. The third-order valence-corrected chi connectivity index (χ3v) is 7.28. The van der Waals surface area contributed by atoms with Crippen LogP contribution in [0.1, 0.15) is 39.4 Å². The third-order valence-electron chi connectivity index (χ3n) is 5.82. The summed E-state index contributed by atoms with van der Waals surface area (Å²) in [6, 6.07) is 17.3. The van der Waals surface area contributed by atoms with Crippen molar-refractivity contribution in [1.29, 1.82) is 0 Å². The first-order valence-electron chi connectivity index (χ1n) is 10.4. The van der Waals surface area contributed by atoms with Gasteiger partial charge in [0.25, 0.3) is 11.8 Å². The number of amides is 2. The Morgan fingerprint density at radius 3 is 2.03 bits per heavy atom. The van der Waals surface area contributed by atoms with E-state index in [9.17, 15) is 18.0 Å². The number of halogens is 1. The Morgan fingerprint density at radius 2 is 1.41 bits per heavy atom. The molecule has 0 N–H and O–H groups in total. The van der Waals surface area contributed by atoms with Crippen LogP contribution in [0, 0.1) is 0 Å². The number of imide groups is 1. The molecule has 170 valence electrons. The Hall–Kier alpha value is -3.62. The molecule has 1 aromatic heterocycles. The van der Waals surface area contributed by atoms with Crippen molar-refractivity contribution < 1.29 is 18.0 Å². The van der Waals surface area contributed by atoms with E-state index >= 15 is 0 Å². The standard InChI is InChI=1S/C25H18ClN3O4S/c1-14(29-24(30)15-8-3-4-9-16(15)25(29)31)21-22(17-10-5-6-13-20(17)34(2,32)33)28-23-18(26)11-7-12-19(23)27-21/h3-14H,1-2H3/t14-/m0/s1. The first-order chi connectivity index (χ1) is 16.2. The van der Waals surface area contributed by atoms with Gasteiger partial charge in [-0.15, -0.1) is 0 Å². The highest BCUT2D eigenvalue weighted by atomic mass is 35.5. The van der Waals surface area contributed by atoms with Crippen molar-refractivity contribution in [1.82, 2.24) is 14.9 Å². The number of rotatable bonds is 4. The summed E-state index contributed by atoms with van der Waals surface area (Å²) in [5, 5.41) is 0.350. The van der Waals surface area contributed by atoms with Crippen molar-refractivity contribution in [2.75, 3.05) is 6.26 Å². The largest absolute Gasteiger partial charge is 0.269 e. The van der Waals surface area contributed by atoms with Crippen LogP contribution in [0.4, 0.5) is 0 Å². The van der Waals surface area contributed by atoms with Crippen LogP contribution in [0.15, 0.2) is 71.6 Å². The average molecular weight is 492 g/mol. The van der Waals surface area contributed by atoms with Gasteiger partial charge in [-0.1, -0.05) is 48.0 Å². The van der Waals surface area contributed by atoms with Gasteiger partial charge in [0.05, 0.1) is 44.0 Å². The van der Waals surface area contributed by atoms with Crippen molar-refractivity contribution in [3.8, 4) is 11.3 Å². The van der Waals surface area contributed by atoms with E-state index in [1.54, 1.807) is 67.6 Å². The van der Waals surface area contributed by atoms with Gasteiger partial charge in [0, 0.05) is 11.8 Å². The molecule has 4 aromatic rings. The molecule has 2 amide bonds. The molecule has 0 bridgehead atoms. The summed E-state index contributed by atoms with van der Waals surface area (Å²) in [4.78, 5) is 36.9. The second-order valence-electron chi connectivity index (χ2n) is 8.04. The number of benzene rings is 3. The first-order valence-corrected chi connectivity index (χ1v) is 12.7. The SMILES string of the molecule is C[C@@H](c1nc2cccc(Cl)c2nc1-c1ccccc1S(C)(=O)=O)N1C(=O)c2ccccc2C1=O. The van der Waals surface area contributed by atoms with E-state index in [-0.39, 0.29) is 10.6 Å². The summed E-state index contributed by atoms with van der Waals surface area (Å²) in [6.07, 6.45) is 1.11. The van der Waals surface area contributed by atoms with Crippen molar-refractivity contribution in [3.63, 3.8) is 0 Å². The fourth-order valence-electron chi connectivity index (χ4n) is 4.21. The van der Waals surface area contributed by atoms with Gasteiger partial charge in [0.1, 0.15) is 5.52 Å². The summed E-state index contributed by atoms with van der Waals surface area (Å²) in [5.41, 5.74) is 2.33. The molecule has 0 aliphatic carbocycles. The Bertz CT molecular complexity index is 1580. The molecule has 0 fully saturated rings. The van der Waals surface area contributed by atoms with Crippen LogP contribution in [-0.2, 0) is 9.84 Å². The molecule has 1 atom stereocenters. The average Bonchev–Trinajstić information content (AvgIpc) is 3.08. The fraction of sp³-hybridized carbons (Fsp3) is 0.120. The van der Waals surface area contributed by atoms with Crippen molar-refractivity contribution in [3.05, 3.63) is 88.6 Å². The van der Waals surface area contributed by atoms with Crippen LogP contribution in [0.2, 0.25) is 5.02 Å². The summed E-state index contributed by atoms with van der Waals surface area (Å²) in [5.74, 6) is -0.883. The van der Waals surface area contributed by atoms with Crippen LogP contribution in [0.25, 0.3) is 22.3 Å². The highest BCUT2D eigenvalue weighted by Gasteiger charge is 2.40. The molecule has 0 spiro atoms. The molecular formula is C25H18ClN3O4S. The summed E-state index contributed by atoms with van der Waals surface area (Å²) < 4.78 is 25.1. The Balaban J connectivity index is 1.77. The van der Waals surface area contributed by atoms with Gasteiger partial charge in [-0.3, -0.25) is 14.5 Å². The highest BCUT2D eigenvalue weighted by molar-refractivity contribution is 7.90. The second-order valence-corrected chi connectivity index (χ2v) is 10.4. The monoisotopic (exact) mass is 491 g/mol. The van der Waals surface area contributed by atoms with Crippen LogP contribution in [0.5, 0.6) is 0 Å². The quantitative estimate of drug-likeness (QED) is 0.383. The number of hydrogen-bond acceptors (Lipinski definition) is 6. The molecule has 34 heavy (non-hydrogen) atoms. The van der Waals surface area contributed by atoms with Gasteiger partial charge >= 0.3 is 0 Å². The number of fused-ring (bicyclic) bond motifs is 2. The van der Waals surface area contributed by atoms with Crippen molar-refractivity contribution in [2.24, 2.45) is 0 Å². The van der Waals surface area contributed by atoms with Gasteiger partial charge in [0.15, 0.2) is 9.84 Å². The van der Waals surface area contributed by atoms with Gasteiger partial charge < -0.3 is 0 Å². The third kappa shape index (κ3) is 3.46. The molecule has 0 saturated carbocycles. The Morgan fingerprint density at radius 1 is 0.824 bits per heavy atom. The smallest absolute Gasteiger partial charge is 0.262 e. The first kappa shape index (κ1) is 22.2. The Kier molecular flexibility index (Phi) is 5.22. The molecule has 0 unspecified atom stereocenters. The number of sulfone groups is 1. The van der Waals surface area contributed by atoms with E-state index in [4.69, 9.17) is 21.6 Å². The van der Waals surface area contributed by atoms with Gasteiger partial charge in [-0.05, 0) is 37.3 Å².